The molecule has 1 saturated heterocycles. The van der Waals surface area contributed by atoms with E-state index in [-0.39, 0.29) is 24.1 Å². The summed E-state index contributed by atoms with van der Waals surface area (Å²) in [4.78, 5) is 31.1. The molecule has 7 nitrogen and oxygen atoms in total. The van der Waals surface area contributed by atoms with Crippen LogP contribution in [0.25, 0.3) is 0 Å². The summed E-state index contributed by atoms with van der Waals surface area (Å²) in [7, 11) is 2.18. The predicted octanol–water partition coefficient (Wildman–Crippen LogP) is 3.19. The fraction of sp³-hybridized carbons (Fsp3) is 0.652. The second-order valence-corrected chi connectivity index (χ2v) is 8.89. The number of ether oxygens (including phenoxy) is 1. The molecule has 0 aromatic heterocycles. The minimum Gasteiger partial charge on any atom is -0.446 e. The van der Waals surface area contributed by atoms with E-state index in [1.165, 1.54) is 5.56 Å². The van der Waals surface area contributed by atoms with Gasteiger partial charge in [-0.2, -0.15) is 0 Å². The minimum atomic E-state index is -0.357. The number of hydrogen-bond acceptors (Lipinski definition) is 5. The van der Waals surface area contributed by atoms with Crippen LogP contribution in [0.15, 0.2) is 18.2 Å². The molecular formula is C23H36N4O3. The number of carbonyl (C=O) groups is 2. The van der Waals surface area contributed by atoms with Gasteiger partial charge >= 0.3 is 6.09 Å². The van der Waals surface area contributed by atoms with Crippen LogP contribution in [-0.2, 0) is 9.53 Å². The van der Waals surface area contributed by atoms with Gasteiger partial charge in [-0.3, -0.25) is 9.69 Å². The maximum absolute atomic E-state index is 12.8. The Morgan fingerprint density at radius 3 is 2.50 bits per heavy atom. The van der Waals surface area contributed by atoms with Crippen LogP contribution in [0.3, 0.4) is 0 Å². The van der Waals surface area contributed by atoms with E-state index in [1.807, 2.05) is 26.8 Å². The zero-order valence-corrected chi connectivity index (χ0v) is 19.1. The van der Waals surface area contributed by atoms with Crippen molar-refractivity contribution < 1.29 is 14.3 Å². The highest BCUT2D eigenvalue weighted by Gasteiger charge is 2.35. The molecule has 0 saturated carbocycles. The number of likely N-dealkylation sites (N-methyl/N-ethyl adjacent to an activating group) is 1. The Bertz CT molecular complexity index is 778. The topological polar surface area (TPSA) is 65.1 Å². The van der Waals surface area contributed by atoms with Gasteiger partial charge in [0.1, 0.15) is 0 Å². The summed E-state index contributed by atoms with van der Waals surface area (Å²) >= 11 is 0. The van der Waals surface area contributed by atoms with Crippen molar-refractivity contribution in [3.63, 3.8) is 0 Å². The number of amides is 2. The maximum Gasteiger partial charge on any atom is 0.414 e. The third-order valence-corrected chi connectivity index (χ3v) is 6.19. The molecule has 2 aliphatic heterocycles. The van der Waals surface area contributed by atoms with E-state index in [1.54, 1.807) is 16.7 Å². The first kappa shape index (κ1) is 22.6. The normalized spacial score (nSPS) is 20.2. The third kappa shape index (κ3) is 4.62. The van der Waals surface area contributed by atoms with Crippen molar-refractivity contribution in [2.45, 2.75) is 65.1 Å². The summed E-state index contributed by atoms with van der Waals surface area (Å²) in [6.45, 7) is 12.9. The van der Waals surface area contributed by atoms with Crippen LogP contribution in [0, 0.1) is 0 Å². The number of carbonyl (C=O) groups excluding carboxylic acids is 2. The summed E-state index contributed by atoms with van der Waals surface area (Å²) in [6.07, 6.45) is 0.453. The van der Waals surface area contributed by atoms with Gasteiger partial charge in [-0.15, -0.1) is 0 Å². The molecule has 2 atom stereocenters. The predicted molar refractivity (Wildman–Crippen MR) is 120 cm³/mol. The smallest absolute Gasteiger partial charge is 0.414 e. The number of nitrogens with zero attached hydrogens (tertiary/aromatic N) is 3. The number of fused-ring (bicyclic) bond motifs is 1. The molecule has 2 aliphatic rings. The Morgan fingerprint density at radius 1 is 1.27 bits per heavy atom. The van der Waals surface area contributed by atoms with Crippen molar-refractivity contribution in [2.75, 3.05) is 43.0 Å². The van der Waals surface area contributed by atoms with E-state index in [0.29, 0.717) is 18.5 Å². The fourth-order valence-electron chi connectivity index (χ4n) is 4.37. The molecule has 30 heavy (non-hydrogen) atoms. The van der Waals surface area contributed by atoms with Crippen molar-refractivity contribution in [2.24, 2.45) is 0 Å². The van der Waals surface area contributed by atoms with Gasteiger partial charge < -0.3 is 19.9 Å². The van der Waals surface area contributed by atoms with Gasteiger partial charge in [-0.05, 0) is 57.9 Å². The first-order chi connectivity index (χ1) is 14.2. The summed E-state index contributed by atoms with van der Waals surface area (Å²) in [5.41, 5.74) is 2.73. The zero-order chi connectivity index (χ0) is 22.0. The van der Waals surface area contributed by atoms with Crippen LogP contribution in [0.5, 0.6) is 0 Å². The average Bonchev–Trinajstić information content (AvgIpc) is 2.62. The molecule has 7 heteroatoms. The first-order valence-electron chi connectivity index (χ1n) is 11.1. The Kier molecular flexibility index (Phi) is 7.03. The highest BCUT2D eigenvalue weighted by Crippen LogP contribution is 2.39. The largest absolute Gasteiger partial charge is 0.446 e. The molecule has 0 radical (unpaired) electrons. The van der Waals surface area contributed by atoms with E-state index in [4.69, 9.17) is 4.74 Å². The number of nitrogens with one attached hydrogen (secondary N) is 1. The van der Waals surface area contributed by atoms with Crippen LogP contribution in [-0.4, -0.2) is 68.3 Å². The lowest BCUT2D eigenvalue weighted by Crippen LogP contribution is -2.56. The summed E-state index contributed by atoms with van der Waals surface area (Å²) < 4.78 is 5.50. The molecule has 3 rings (SSSR count). The molecule has 0 spiro atoms. The number of hydrogen-bond donors (Lipinski definition) is 1. The van der Waals surface area contributed by atoms with Crippen LogP contribution in [0.1, 0.15) is 52.5 Å². The van der Waals surface area contributed by atoms with Gasteiger partial charge in [-0.1, -0.05) is 13.0 Å². The van der Waals surface area contributed by atoms with E-state index >= 15 is 0 Å². The Balaban J connectivity index is 1.94. The number of anilines is 2. The molecular weight excluding hydrogens is 380 g/mol. The monoisotopic (exact) mass is 416 g/mol. The molecule has 1 N–H and O–H groups in total. The molecule has 1 aromatic rings. The van der Waals surface area contributed by atoms with Gasteiger partial charge in [0.2, 0.25) is 5.91 Å². The number of rotatable bonds is 6. The van der Waals surface area contributed by atoms with E-state index in [0.717, 1.165) is 37.4 Å². The second-order valence-electron chi connectivity index (χ2n) is 8.89. The lowest BCUT2D eigenvalue weighted by atomic mass is 9.93. The van der Waals surface area contributed by atoms with Crippen LogP contribution in [0.2, 0.25) is 0 Å². The van der Waals surface area contributed by atoms with Gasteiger partial charge in [0.15, 0.2) is 0 Å². The molecule has 1 fully saturated rings. The standard InChI is InChI=1S/C23H36N4O3/c1-7-18(14-25(6)20-11-24-12-20)19-8-9-21-22(10-19)26(23(29)30-15(2)3)13-16(4)27(21)17(5)28/h8-10,15-16,18,20,24H,7,11-14H2,1-6H3/t16-,18?/m0/s1. The van der Waals surface area contributed by atoms with Gasteiger partial charge in [0.05, 0.1) is 23.5 Å². The van der Waals surface area contributed by atoms with Crippen molar-refractivity contribution in [1.82, 2.24) is 10.2 Å². The second kappa shape index (κ2) is 9.35. The maximum atomic E-state index is 12.8. The van der Waals surface area contributed by atoms with Crippen LogP contribution >= 0.6 is 0 Å². The van der Waals surface area contributed by atoms with Crippen molar-refractivity contribution in [3.05, 3.63) is 23.8 Å². The quantitative estimate of drug-likeness (QED) is 0.772. The molecule has 0 aliphatic carbocycles. The van der Waals surface area contributed by atoms with Crippen LogP contribution < -0.4 is 15.1 Å². The Labute approximate surface area is 180 Å². The highest BCUT2D eigenvalue weighted by atomic mass is 16.6. The molecule has 166 valence electrons. The van der Waals surface area contributed by atoms with Crippen molar-refractivity contribution in [3.8, 4) is 0 Å². The zero-order valence-electron chi connectivity index (χ0n) is 19.1. The highest BCUT2D eigenvalue weighted by molar-refractivity contribution is 6.02. The molecule has 1 unspecified atom stereocenters. The average molecular weight is 417 g/mol. The third-order valence-electron chi connectivity index (χ3n) is 6.19. The molecule has 0 bridgehead atoms. The Hall–Kier alpha value is -2.12. The molecule has 2 heterocycles. The summed E-state index contributed by atoms with van der Waals surface area (Å²) in [5.74, 6) is 0.339. The SMILES string of the molecule is CCC(CN(C)C1CNC1)c1ccc2c(c1)N(C(=O)OC(C)C)C[C@H](C)N2C(C)=O. The Morgan fingerprint density at radius 2 is 1.97 bits per heavy atom. The number of benzene rings is 1. The molecule has 2 amide bonds. The lowest BCUT2D eigenvalue weighted by molar-refractivity contribution is -0.117. The van der Waals surface area contributed by atoms with Gasteiger partial charge in [0, 0.05) is 39.1 Å². The molecule has 1 aromatic carbocycles. The van der Waals surface area contributed by atoms with E-state index < -0.39 is 0 Å². The van der Waals surface area contributed by atoms with Crippen molar-refractivity contribution >= 4 is 23.4 Å². The van der Waals surface area contributed by atoms with E-state index in [9.17, 15) is 9.59 Å². The first-order valence-corrected chi connectivity index (χ1v) is 11.1. The minimum absolute atomic E-state index is 0.0161. The van der Waals surface area contributed by atoms with E-state index in [2.05, 4.69) is 36.3 Å². The summed E-state index contributed by atoms with van der Waals surface area (Å²) in [6, 6.07) is 6.66. The summed E-state index contributed by atoms with van der Waals surface area (Å²) in [5, 5.41) is 3.33. The fourth-order valence-corrected chi connectivity index (χ4v) is 4.37. The van der Waals surface area contributed by atoms with Crippen molar-refractivity contribution in [1.29, 1.82) is 0 Å². The van der Waals surface area contributed by atoms with Crippen LogP contribution in [0.4, 0.5) is 16.2 Å². The van der Waals surface area contributed by atoms with Gasteiger partial charge in [0.25, 0.3) is 0 Å². The lowest BCUT2D eigenvalue weighted by Gasteiger charge is -2.41. The van der Waals surface area contributed by atoms with Gasteiger partial charge in [-0.25, -0.2) is 4.79 Å².